The first-order valence-electron chi connectivity index (χ1n) is 10.5. The summed E-state index contributed by atoms with van der Waals surface area (Å²) >= 11 is 6.00. The van der Waals surface area contributed by atoms with Gasteiger partial charge in [-0.3, -0.25) is 14.7 Å². The molecule has 4 N–H and O–H groups in total. The minimum absolute atomic E-state index is 0.0935. The molecular formula is C23H25ClFN5O4. The van der Waals surface area contributed by atoms with Crippen LogP contribution in [0.2, 0.25) is 5.02 Å². The first kappa shape index (κ1) is 25.3. The third-order valence-electron chi connectivity index (χ3n) is 5.18. The van der Waals surface area contributed by atoms with E-state index in [2.05, 4.69) is 26.0 Å². The van der Waals surface area contributed by atoms with Crippen LogP contribution in [0.4, 0.5) is 4.39 Å². The van der Waals surface area contributed by atoms with Gasteiger partial charge in [-0.05, 0) is 42.2 Å². The van der Waals surface area contributed by atoms with Crippen molar-refractivity contribution in [3.63, 3.8) is 0 Å². The highest BCUT2D eigenvalue weighted by Crippen LogP contribution is 2.26. The van der Waals surface area contributed by atoms with E-state index in [1.54, 1.807) is 30.3 Å². The van der Waals surface area contributed by atoms with Crippen molar-refractivity contribution in [1.82, 2.24) is 26.0 Å². The van der Waals surface area contributed by atoms with E-state index in [1.807, 2.05) is 0 Å². The molecule has 2 atom stereocenters. The monoisotopic (exact) mass is 489 g/mol. The van der Waals surface area contributed by atoms with Gasteiger partial charge < -0.3 is 20.5 Å². The molecule has 1 aromatic heterocycles. The normalized spacial score (nSPS) is 12.8. The predicted octanol–water partition coefficient (Wildman–Crippen LogP) is 2.68. The molecule has 9 nitrogen and oxygen atoms in total. The fourth-order valence-corrected chi connectivity index (χ4v) is 3.65. The molecule has 11 heteroatoms. The Bertz CT molecular complexity index is 1100. The van der Waals surface area contributed by atoms with E-state index in [4.69, 9.17) is 16.3 Å². The number of aromatic amines is 1. The number of methoxy groups -OCH3 is 1. The number of carbonyl (C=O) groups excluding carboxylic acids is 1. The van der Waals surface area contributed by atoms with Crippen LogP contribution in [0.3, 0.4) is 0 Å². The number of rotatable bonds is 12. The summed E-state index contributed by atoms with van der Waals surface area (Å²) in [5.41, 5.74) is 1.95. The molecule has 0 bridgehead atoms. The molecule has 1 heterocycles. The number of amides is 1. The summed E-state index contributed by atoms with van der Waals surface area (Å²) in [7, 11) is 1.53. The Morgan fingerprint density at radius 1 is 1.24 bits per heavy atom. The van der Waals surface area contributed by atoms with E-state index in [-0.39, 0.29) is 17.9 Å². The van der Waals surface area contributed by atoms with Gasteiger partial charge in [0.1, 0.15) is 11.9 Å². The van der Waals surface area contributed by atoms with Gasteiger partial charge in [0.05, 0.1) is 12.8 Å². The van der Waals surface area contributed by atoms with Gasteiger partial charge in [-0.2, -0.15) is 0 Å². The lowest BCUT2D eigenvalue weighted by molar-refractivity contribution is -0.139. The molecule has 0 aliphatic rings. The number of carboxylic acid groups (broad SMARTS) is 1. The summed E-state index contributed by atoms with van der Waals surface area (Å²) in [4.78, 5) is 24.3. The van der Waals surface area contributed by atoms with Gasteiger partial charge in [0, 0.05) is 30.3 Å². The molecule has 0 saturated heterocycles. The number of carboxylic acids is 1. The average molecular weight is 490 g/mol. The first-order chi connectivity index (χ1) is 16.4. The van der Waals surface area contributed by atoms with Crippen LogP contribution in [0.15, 0.2) is 48.7 Å². The van der Waals surface area contributed by atoms with Crippen molar-refractivity contribution in [2.24, 2.45) is 0 Å². The zero-order valence-corrected chi connectivity index (χ0v) is 19.2. The Balaban J connectivity index is 1.77. The van der Waals surface area contributed by atoms with E-state index in [0.717, 1.165) is 5.56 Å². The minimum Gasteiger partial charge on any atom is -0.480 e. The number of hydrogen-bond acceptors (Lipinski definition) is 6. The standard InChI is InChI=1S/C23H25ClFN5O4/c1-34-9-8-26-20(23(32)33)12-17(28-22(31)21-13-27-30-29-21)10-14-2-4-15(5-3-14)18-11-16(24)6-7-19(18)25/h2-7,11,13,17,20,26H,8-10,12H2,1H3,(H,28,31)(H,32,33)(H,27,29,30)/t17-,20-/m1/s1. The maximum Gasteiger partial charge on any atom is 0.320 e. The van der Waals surface area contributed by atoms with Gasteiger partial charge in [-0.15, -0.1) is 5.10 Å². The first-order valence-corrected chi connectivity index (χ1v) is 10.9. The molecule has 180 valence electrons. The molecular weight excluding hydrogens is 465 g/mol. The molecule has 2 aromatic carbocycles. The highest BCUT2D eigenvalue weighted by Gasteiger charge is 2.25. The molecule has 3 rings (SSSR count). The van der Waals surface area contributed by atoms with Gasteiger partial charge in [0.15, 0.2) is 5.69 Å². The highest BCUT2D eigenvalue weighted by molar-refractivity contribution is 6.30. The van der Waals surface area contributed by atoms with Gasteiger partial charge in [-0.25, -0.2) is 4.39 Å². The van der Waals surface area contributed by atoms with E-state index < -0.39 is 24.0 Å². The van der Waals surface area contributed by atoms with Gasteiger partial charge in [0.2, 0.25) is 0 Å². The van der Waals surface area contributed by atoms with Crippen LogP contribution in [0.25, 0.3) is 11.1 Å². The number of aromatic nitrogens is 3. The minimum atomic E-state index is -1.04. The summed E-state index contributed by atoms with van der Waals surface area (Å²) in [5, 5.41) is 25.5. The summed E-state index contributed by atoms with van der Waals surface area (Å²) < 4.78 is 19.2. The quantitative estimate of drug-likeness (QED) is 0.288. The Kier molecular flexibility index (Phi) is 9.08. The van der Waals surface area contributed by atoms with Crippen molar-refractivity contribution >= 4 is 23.5 Å². The van der Waals surface area contributed by atoms with Crippen LogP contribution in [0, 0.1) is 5.82 Å². The van der Waals surface area contributed by atoms with Gasteiger partial charge in [-0.1, -0.05) is 41.1 Å². The number of carbonyl (C=O) groups is 2. The smallest absolute Gasteiger partial charge is 0.320 e. The number of aliphatic carboxylic acids is 1. The summed E-state index contributed by atoms with van der Waals surface area (Å²) in [5.74, 6) is -1.90. The van der Waals surface area contributed by atoms with Crippen LogP contribution < -0.4 is 10.6 Å². The van der Waals surface area contributed by atoms with Crippen LogP contribution in [-0.4, -0.2) is 64.7 Å². The molecule has 1 amide bonds. The fourth-order valence-electron chi connectivity index (χ4n) is 3.48. The Morgan fingerprint density at radius 2 is 2.00 bits per heavy atom. The number of benzene rings is 2. The maximum atomic E-state index is 14.2. The van der Waals surface area contributed by atoms with Crippen molar-refractivity contribution in [3.05, 3.63) is 70.8 Å². The molecule has 0 aliphatic heterocycles. The van der Waals surface area contributed by atoms with Crippen LogP contribution in [-0.2, 0) is 16.0 Å². The molecule has 0 spiro atoms. The summed E-state index contributed by atoms with van der Waals surface area (Å²) in [6, 6.07) is 10.0. The Labute approximate surface area is 200 Å². The lowest BCUT2D eigenvalue weighted by Crippen LogP contribution is -2.46. The zero-order chi connectivity index (χ0) is 24.5. The summed E-state index contributed by atoms with van der Waals surface area (Å²) in [6.45, 7) is 0.693. The number of ether oxygens (including phenoxy) is 1. The van der Waals surface area contributed by atoms with E-state index in [1.165, 1.54) is 25.4 Å². The average Bonchev–Trinajstić information content (AvgIpc) is 3.36. The van der Waals surface area contributed by atoms with Gasteiger partial charge in [0.25, 0.3) is 5.91 Å². The third kappa shape index (κ3) is 7.08. The number of H-pyrrole nitrogens is 1. The maximum absolute atomic E-state index is 14.2. The number of nitrogens with one attached hydrogen (secondary N) is 3. The summed E-state index contributed by atoms with van der Waals surface area (Å²) in [6.07, 6.45) is 1.82. The zero-order valence-electron chi connectivity index (χ0n) is 18.4. The third-order valence-corrected chi connectivity index (χ3v) is 5.41. The Hall–Kier alpha value is -3.34. The Morgan fingerprint density at radius 3 is 2.65 bits per heavy atom. The molecule has 0 saturated carbocycles. The highest BCUT2D eigenvalue weighted by atomic mass is 35.5. The molecule has 0 fully saturated rings. The van der Waals surface area contributed by atoms with Crippen molar-refractivity contribution in [2.45, 2.75) is 24.9 Å². The van der Waals surface area contributed by atoms with E-state index in [9.17, 15) is 19.1 Å². The second kappa shape index (κ2) is 12.2. The van der Waals surface area contributed by atoms with Crippen LogP contribution in [0.5, 0.6) is 0 Å². The molecule has 0 aliphatic carbocycles. The lowest BCUT2D eigenvalue weighted by atomic mass is 9.96. The largest absolute Gasteiger partial charge is 0.480 e. The lowest BCUT2D eigenvalue weighted by Gasteiger charge is -2.23. The van der Waals surface area contributed by atoms with Crippen molar-refractivity contribution < 1.29 is 23.8 Å². The number of halogens is 2. The van der Waals surface area contributed by atoms with Crippen molar-refractivity contribution in [2.75, 3.05) is 20.3 Å². The molecule has 0 radical (unpaired) electrons. The van der Waals surface area contributed by atoms with Crippen LogP contribution >= 0.6 is 11.6 Å². The second-order valence-corrected chi connectivity index (χ2v) is 8.06. The number of nitrogens with zero attached hydrogens (tertiary/aromatic N) is 2. The molecule has 0 unspecified atom stereocenters. The predicted molar refractivity (Wildman–Crippen MR) is 124 cm³/mol. The van der Waals surface area contributed by atoms with Crippen molar-refractivity contribution in [1.29, 1.82) is 0 Å². The van der Waals surface area contributed by atoms with Crippen molar-refractivity contribution in [3.8, 4) is 11.1 Å². The number of hydrogen-bond donors (Lipinski definition) is 4. The molecule has 3 aromatic rings. The van der Waals surface area contributed by atoms with Gasteiger partial charge >= 0.3 is 5.97 Å². The van der Waals surface area contributed by atoms with Crippen LogP contribution in [0.1, 0.15) is 22.5 Å². The van der Waals surface area contributed by atoms with E-state index in [0.29, 0.717) is 35.7 Å². The van der Waals surface area contributed by atoms with E-state index >= 15 is 0 Å². The second-order valence-electron chi connectivity index (χ2n) is 7.63. The fraction of sp³-hybridized carbons (Fsp3) is 0.304. The SMILES string of the molecule is COCCN[C@H](C[C@@H](Cc1ccc(-c2cc(Cl)ccc2F)cc1)NC(=O)c1c[nH]nn1)C(=O)O. The topological polar surface area (TPSA) is 129 Å². The molecule has 34 heavy (non-hydrogen) atoms.